The van der Waals surface area contributed by atoms with E-state index < -0.39 is 0 Å². The third-order valence-corrected chi connectivity index (χ3v) is 15.9. The Bertz CT molecular complexity index is 4460. The predicted octanol–water partition coefficient (Wildman–Crippen LogP) is 17.4. The fourth-order valence-corrected chi connectivity index (χ4v) is 12.6. The van der Waals surface area contributed by atoms with Crippen LogP contribution >= 0.6 is 22.7 Å². The van der Waals surface area contributed by atoms with Gasteiger partial charge in [0.2, 0.25) is 0 Å². The molecule has 0 saturated carbocycles. The molecule has 68 heavy (non-hydrogen) atoms. The molecule has 0 aliphatic carbocycles. The zero-order valence-corrected chi connectivity index (χ0v) is 37.8. The Kier molecular flexibility index (Phi) is 8.04. The van der Waals surface area contributed by atoms with Crippen molar-refractivity contribution in [1.29, 1.82) is 0 Å². The predicted molar refractivity (Wildman–Crippen MR) is 286 cm³/mol. The van der Waals surface area contributed by atoms with E-state index in [0.29, 0.717) is 17.5 Å². The van der Waals surface area contributed by atoms with Crippen LogP contribution in [0.5, 0.6) is 0 Å². The molecule has 0 atom stereocenters. The molecule has 0 saturated heterocycles. The fraction of sp³-hybridized carbons (Fsp3) is 0. The highest BCUT2D eigenvalue weighted by atomic mass is 32.1. The van der Waals surface area contributed by atoms with Gasteiger partial charge in [0.15, 0.2) is 17.5 Å². The van der Waals surface area contributed by atoms with Crippen molar-refractivity contribution in [2.75, 3.05) is 0 Å². The van der Waals surface area contributed by atoms with Gasteiger partial charge in [-0.1, -0.05) is 103 Å². The zero-order chi connectivity index (χ0) is 44.5. The maximum absolute atomic E-state index is 6.37. The molecule has 15 rings (SSSR count). The number of thiophene rings is 2. The average molecular weight is 903 g/mol. The summed E-state index contributed by atoms with van der Waals surface area (Å²) in [7, 11) is 0. The van der Waals surface area contributed by atoms with Gasteiger partial charge in [-0.15, -0.1) is 22.7 Å². The van der Waals surface area contributed by atoms with Gasteiger partial charge in [-0.2, -0.15) is 0 Å². The summed E-state index contributed by atoms with van der Waals surface area (Å²) in [5.41, 5.74) is 9.95. The van der Waals surface area contributed by atoms with Crippen molar-refractivity contribution in [3.8, 4) is 51.0 Å². The van der Waals surface area contributed by atoms with Crippen molar-refractivity contribution in [2.24, 2.45) is 0 Å². The Morgan fingerprint density at radius 2 is 0.824 bits per heavy atom. The van der Waals surface area contributed by atoms with Gasteiger partial charge >= 0.3 is 0 Å². The van der Waals surface area contributed by atoms with Crippen molar-refractivity contribution < 1.29 is 4.42 Å². The molecule has 10 aromatic carbocycles. The molecule has 0 spiro atoms. The molecule has 0 fully saturated rings. The van der Waals surface area contributed by atoms with E-state index in [0.717, 1.165) is 66.5 Å². The lowest BCUT2D eigenvalue weighted by Gasteiger charge is -2.16. The van der Waals surface area contributed by atoms with E-state index >= 15 is 0 Å². The lowest BCUT2D eigenvalue weighted by Crippen LogP contribution is -2.02. The summed E-state index contributed by atoms with van der Waals surface area (Å²) in [4.78, 5) is 16.1. The summed E-state index contributed by atoms with van der Waals surface area (Å²) < 4.78 is 13.8. The molecule has 7 heteroatoms. The van der Waals surface area contributed by atoms with Crippen LogP contribution in [0.1, 0.15) is 0 Å². The number of furan rings is 1. The molecule has 5 nitrogen and oxygen atoms in total. The minimum atomic E-state index is 0.603. The van der Waals surface area contributed by atoms with Crippen LogP contribution in [-0.2, 0) is 0 Å². The maximum atomic E-state index is 6.37. The summed E-state index contributed by atoms with van der Waals surface area (Å²) in [6.07, 6.45) is 0. The normalized spacial score (nSPS) is 12.1. The Labute approximate surface area is 396 Å². The lowest BCUT2D eigenvalue weighted by molar-refractivity contribution is 0.669. The Morgan fingerprint density at radius 3 is 1.51 bits per heavy atom. The quantitative estimate of drug-likeness (QED) is 0.173. The van der Waals surface area contributed by atoms with Gasteiger partial charge in [-0.05, 0) is 119 Å². The molecule has 5 heterocycles. The first-order valence-corrected chi connectivity index (χ1v) is 24.4. The van der Waals surface area contributed by atoms with Crippen LogP contribution in [0.4, 0.5) is 0 Å². The van der Waals surface area contributed by atoms with Crippen molar-refractivity contribution in [2.45, 2.75) is 0 Å². The van der Waals surface area contributed by atoms with E-state index in [1.165, 1.54) is 61.9 Å². The van der Waals surface area contributed by atoms with Gasteiger partial charge < -0.3 is 8.98 Å². The highest BCUT2D eigenvalue weighted by molar-refractivity contribution is 7.26. The average Bonchev–Trinajstić information content (AvgIpc) is 4.16. The van der Waals surface area contributed by atoms with E-state index in [1.54, 1.807) is 0 Å². The van der Waals surface area contributed by atoms with Gasteiger partial charge in [0, 0.05) is 84.1 Å². The molecule has 0 aliphatic heterocycles. The van der Waals surface area contributed by atoms with Crippen LogP contribution in [0.25, 0.3) is 146 Å². The number of hydrogen-bond donors (Lipinski definition) is 0. The summed E-state index contributed by atoms with van der Waals surface area (Å²) in [6, 6.07) is 74.0. The number of nitrogens with zero attached hydrogens (tertiary/aromatic N) is 4. The topological polar surface area (TPSA) is 56.7 Å². The maximum Gasteiger partial charge on any atom is 0.164 e. The van der Waals surface area contributed by atoms with Gasteiger partial charge in [0.25, 0.3) is 0 Å². The number of benzene rings is 10. The molecule has 0 radical (unpaired) electrons. The Hall–Kier alpha value is -8.49. The lowest BCUT2D eigenvalue weighted by atomic mass is 9.98. The minimum Gasteiger partial charge on any atom is -0.456 e. The molecule has 15 aromatic rings. The van der Waals surface area contributed by atoms with E-state index in [-0.39, 0.29) is 0 Å². The molecule has 316 valence electrons. The SMILES string of the molecule is c1ccc2cc3c(cc2c1)c1ccccc1n3-c1ccc(-c2nc(-c3ccc4sc5ccccc5c4c3)nc(-c3ccc4sc5ccccc5c4c3)n2)cc1-c1ccc2oc3ccccc3c2c1. The van der Waals surface area contributed by atoms with Crippen LogP contribution in [0.15, 0.2) is 211 Å². The molecular weight excluding hydrogens is 869 g/mol. The van der Waals surface area contributed by atoms with E-state index in [1.807, 2.05) is 34.8 Å². The molecule has 0 amide bonds. The third kappa shape index (κ3) is 5.76. The molecule has 5 aromatic heterocycles. The third-order valence-electron chi connectivity index (χ3n) is 13.6. The Balaban J connectivity index is 0.995. The molecule has 0 unspecified atom stereocenters. The zero-order valence-electron chi connectivity index (χ0n) is 36.1. The Morgan fingerprint density at radius 1 is 0.324 bits per heavy atom. The molecular formula is C61H34N4OS2. The van der Waals surface area contributed by atoms with Gasteiger partial charge in [-0.25, -0.2) is 15.0 Å². The van der Waals surface area contributed by atoms with E-state index in [2.05, 4.69) is 199 Å². The second kappa shape index (κ2) is 14.5. The standard InChI is InChI=1S/C61H34N4OS2/c1-2-12-36-34-52-46(29-35(36)11-1)41-13-3-7-17-50(41)65(52)51-25-21-38(31-45(51)37-22-26-54-47(30-37)42-14-4-8-18-53(42)66-54)59-62-60(39-23-27-57-48(32-39)43-15-5-9-19-55(43)67-57)64-61(63-59)40-24-28-58-49(33-40)44-16-6-10-20-56(44)68-58/h1-34H. The smallest absolute Gasteiger partial charge is 0.164 e. The molecule has 0 aliphatic rings. The van der Waals surface area contributed by atoms with Gasteiger partial charge in [0.1, 0.15) is 11.2 Å². The first kappa shape index (κ1) is 37.7. The monoisotopic (exact) mass is 902 g/mol. The minimum absolute atomic E-state index is 0.603. The first-order valence-electron chi connectivity index (χ1n) is 22.7. The second-order valence-electron chi connectivity index (χ2n) is 17.5. The van der Waals surface area contributed by atoms with Crippen LogP contribution in [0, 0.1) is 0 Å². The van der Waals surface area contributed by atoms with Crippen molar-refractivity contribution in [3.63, 3.8) is 0 Å². The number of fused-ring (bicyclic) bond motifs is 13. The number of hydrogen-bond acceptors (Lipinski definition) is 6. The first-order chi connectivity index (χ1) is 33.6. The van der Waals surface area contributed by atoms with Gasteiger partial charge in [0.05, 0.1) is 16.7 Å². The van der Waals surface area contributed by atoms with Gasteiger partial charge in [-0.3, -0.25) is 0 Å². The van der Waals surface area contributed by atoms with Crippen LogP contribution in [0.3, 0.4) is 0 Å². The molecule has 0 bridgehead atoms. The number of para-hydroxylation sites is 2. The summed E-state index contributed by atoms with van der Waals surface area (Å²) in [5.74, 6) is 1.86. The second-order valence-corrected chi connectivity index (χ2v) is 19.7. The fourth-order valence-electron chi connectivity index (χ4n) is 10.4. The highest BCUT2D eigenvalue weighted by Crippen LogP contribution is 2.43. The van der Waals surface area contributed by atoms with E-state index in [4.69, 9.17) is 19.4 Å². The largest absolute Gasteiger partial charge is 0.456 e. The van der Waals surface area contributed by atoms with Crippen LogP contribution in [0.2, 0.25) is 0 Å². The summed E-state index contributed by atoms with van der Waals surface area (Å²) in [6.45, 7) is 0. The number of rotatable bonds is 5. The van der Waals surface area contributed by atoms with Crippen molar-refractivity contribution >= 4 is 118 Å². The highest BCUT2D eigenvalue weighted by Gasteiger charge is 2.21. The summed E-state index contributed by atoms with van der Waals surface area (Å²) >= 11 is 3.62. The number of aromatic nitrogens is 4. The molecule has 0 N–H and O–H groups in total. The van der Waals surface area contributed by atoms with Crippen LogP contribution < -0.4 is 0 Å². The summed E-state index contributed by atoms with van der Waals surface area (Å²) in [5, 5.41) is 11.9. The van der Waals surface area contributed by atoms with Crippen LogP contribution in [-0.4, -0.2) is 19.5 Å². The van der Waals surface area contributed by atoms with E-state index in [9.17, 15) is 0 Å². The van der Waals surface area contributed by atoms with Crippen molar-refractivity contribution in [3.05, 3.63) is 206 Å². The van der Waals surface area contributed by atoms with Crippen molar-refractivity contribution in [1.82, 2.24) is 19.5 Å².